The first-order chi connectivity index (χ1) is 5.49. The highest BCUT2D eigenvalue weighted by Gasteiger charge is 2.11. The molecule has 0 rings (SSSR count). The van der Waals surface area contributed by atoms with Crippen molar-refractivity contribution in [1.29, 1.82) is 0 Å². The Morgan fingerprint density at radius 1 is 1.33 bits per heavy atom. The van der Waals surface area contributed by atoms with E-state index in [1.54, 1.807) is 0 Å². The molecule has 0 aliphatic rings. The van der Waals surface area contributed by atoms with Gasteiger partial charge in [-0.3, -0.25) is 0 Å². The van der Waals surface area contributed by atoms with Gasteiger partial charge in [0.25, 0.3) is 0 Å². The van der Waals surface area contributed by atoms with Crippen molar-refractivity contribution < 1.29 is 0 Å². The molecule has 0 nitrogen and oxygen atoms in total. The van der Waals surface area contributed by atoms with E-state index < -0.39 is 0 Å². The Morgan fingerprint density at radius 3 is 2.17 bits per heavy atom. The normalized spacial score (nSPS) is 16.2. The Kier molecular flexibility index (Phi) is 5.84. The summed E-state index contributed by atoms with van der Waals surface area (Å²) in [5.74, 6) is 0.821. The van der Waals surface area contributed by atoms with Gasteiger partial charge in [-0.05, 0) is 24.7 Å². The average molecular weight is 186 g/mol. The van der Waals surface area contributed by atoms with Crippen LogP contribution in [0, 0.1) is 5.92 Å². The van der Waals surface area contributed by atoms with Gasteiger partial charge in [-0.1, -0.05) is 53.9 Å². The molecular weight excluding hydrogens is 163 g/mol. The molecule has 0 heterocycles. The molecule has 2 unspecified atom stereocenters. The number of hydrogen-bond acceptors (Lipinski definition) is 0. The highest BCUT2D eigenvalue weighted by Crippen LogP contribution is 2.47. The predicted molar refractivity (Wildman–Crippen MR) is 61.2 cm³/mol. The lowest BCUT2D eigenvalue weighted by molar-refractivity contribution is 0.568. The number of rotatable bonds is 5. The van der Waals surface area contributed by atoms with Gasteiger partial charge in [0.2, 0.25) is 0 Å². The Hall–Kier alpha value is 0.170. The van der Waals surface area contributed by atoms with E-state index in [2.05, 4.69) is 40.9 Å². The van der Waals surface area contributed by atoms with Gasteiger partial charge in [-0.15, -0.1) is 0 Å². The summed E-state index contributed by atoms with van der Waals surface area (Å²) in [6.07, 6.45) is 2.51. The lowest BCUT2D eigenvalue weighted by atomic mass is 10.1. The molecular formula is C11H23P. The standard InChI is InChI=1S/C11H23P/c1-7-10(4)8-11(5)12(6)9(2)3/h9-10H,5,7-8H2,1-4,6H3. The molecule has 0 fully saturated rings. The third kappa shape index (κ3) is 4.26. The summed E-state index contributed by atoms with van der Waals surface area (Å²) in [7, 11) is 0.0666. The zero-order valence-electron chi connectivity index (χ0n) is 9.22. The maximum absolute atomic E-state index is 4.19. The van der Waals surface area contributed by atoms with Gasteiger partial charge in [0.1, 0.15) is 0 Å². The molecule has 0 aromatic rings. The Bertz CT molecular complexity index is 138. The second-order valence-electron chi connectivity index (χ2n) is 3.99. The van der Waals surface area contributed by atoms with Gasteiger partial charge in [0.15, 0.2) is 0 Å². The minimum absolute atomic E-state index is 0.0666. The van der Waals surface area contributed by atoms with E-state index in [0.29, 0.717) is 0 Å². The lowest BCUT2D eigenvalue weighted by Crippen LogP contribution is -1.98. The molecule has 0 aliphatic heterocycles. The van der Waals surface area contributed by atoms with Gasteiger partial charge >= 0.3 is 0 Å². The summed E-state index contributed by atoms with van der Waals surface area (Å²) in [6, 6.07) is 0. The average Bonchev–Trinajstić information content (AvgIpc) is 2.02. The Labute approximate surface area is 79.2 Å². The maximum atomic E-state index is 4.19. The maximum Gasteiger partial charge on any atom is -0.0232 e. The van der Waals surface area contributed by atoms with Crippen LogP contribution < -0.4 is 0 Å². The van der Waals surface area contributed by atoms with E-state index in [4.69, 9.17) is 0 Å². The van der Waals surface area contributed by atoms with Crippen LogP contribution in [0.2, 0.25) is 0 Å². The third-order valence-electron chi connectivity index (χ3n) is 2.55. The zero-order chi connectivity index (χ0) is 9.72. The van der Waals surface area contributed by atoms with Crippen molar-refractivity contribution in [2.24, 2.45) is 5.92 Å². The van der Waals surface area contributed by atoms with Crippen molar-refractivity contribution in [3.8, 4) is 0 Å². The largest absolute Gasteiger partial charge is 0.0953 e. The smallest absolute Gasteiger partial charge is 0.0232 e. The number of allylic oxidation sites excluding steroid dienone is 1. The zero-order valence-corrected chi connectivity index (χ0v) is 10.1. The van der Waals surface area contributed by atoms with E-state index in [0.717, 1.165) is 11.6 Å². The van der Waals surface area contributed by atoms with Crippen molar-refractivity contribution in [3.63, 3.8) is 0 Å². The van der Waals surface area contributed by atoms with Gasteiger partial charge in [0, 0.05) is 0 Å². The van der Waals surface area contributed by atoms with Gasteiger partial charge in [-0.25, -0.2) is 0 Å². The summed E-state index contributed by atoms with van der Waals surface area (Å²) in [5.41, 5.74) is 0.802. The highest BCUT2D eigenvalue weighted by atomic mass is 31.1. The van der Waals surface area contributed by atoms with Crippen molar-refractivity contribution in [2.75, 3.05) is 6.66 Å². The molecule has 0 aliphatic carbocycles. The predicted octanol–water partition coefficient (Wildman–Crippen LogP) is 4.46. The molecule has 2 atom stereocenters. The number of hydrogen-bond donors (Lipinski definition) is 0. The van der Waals surface area contributed by atoms with Crippen molar-refractivity contribution >= 4 is 7.92 Å². The quantitative estimate of drug-likeness (QED) is 0.556. The molecule has 0 amide bonds. The van der Waals surface area contributed by atoms with Crippen molar-refractivity contribution in [3.05, 3.63) is 11.9 Å². The fourth-order valence-electron chi connectivity index (χ4n) is 1.06. The van der Waals surface area contributed by atoms with E-state index in [-0.39, 0.29) is 7.92 Å². The van der Waals surface area contributed by atoms with E-state index >= 15 is 0 Å². The van der Waals surface area contributed by atoms with Crippen LogP contribution >= 0.6 is 7.92 Å². The fraction of sp³-hybridized carbons (Fsp3) is 0.818. The molecule has 0 saturated heterocycles. The van der Waals surface area contributed by atoms with Gasteiger partial charge in [-0.2, -0.15) is 0 Å². The second-order valence-corrected chi connectivity index (χ2v) is 6.88. The summed E-state index contributed by atoms with van der Waals surface area (Å²) < 4.78 is 0. The topological polar surface area (TPSA) is 0 Å². The molecule has 0 aromatic carbocycles. The molecule has 72 valence electrons. The monoisotopic (exact) mass is 186 g/mol. The van der Waals surface area contributed by atoms with Gasteiger partial charge < -0.3 is 0 Å². The van der Waals surface area contributed by atoms with Crippen LogP contribution in [0.3, 0.4) is 0 Å². The Morgan fingerprint density at radius 2 is 1.83 bits per heavy atom. The first-order valence-corrected chi connectivity index (χ1v) is 6.75. The molecule has 0 radical (unpaired) electrons. The van der Waals surface area contributed by atoms with Crippen LogP contribution in [-0.4, -0.2) is 12.3 Å². The van der Waals surface area contributed by atoms with Crippen LogP contribution in [0.1, 0.15) is 40.5 Å². The third-order valence-corrected chi connectivity index (χ3v) is 5.28. The minimum atomic E-state index is 0.0666. The fourth-order valence-corrected chi connectivity index (χ4v) is 2.39. The second kappa shape index (κ2) is 5.75. The van der Waals surface area contributed by atoms with Crippen molar-refractivity contribution in [1.82, 2.24) is 0 Å². The molecule has 0 bridgehead atoms. The van der Waals surface area contributed by atoms with Crippen LogP contribution in [0.25, 0.3) is 0 Å². The molecule has 12 heavy (non-hydrogen) atoms. The summed E-state index contributed by atoms with van der Waals surface area (Å²) in [6.45, 7) is 15.7. The molecule has 0 saturated carbocycles. The van der Waals surface area contributed by atoms with E-state index in [9.17, 15) is 0 Å². The van der Waals surface area contributed by atoms with E-state index in [1.807, 2.05) is 0 Å². The van der Waals surface area contributed by atoms with Crippen LogP contribution in [0.4, 0.5) is 0 Å². The lowest BCUT2D eigenvalue weighted by Gasteiger charge is -2.21. The van der Waals surface area contributed by atoms with E-state index in [1.165, 1.54) is 18.2 Å². The summed E-state index contributed by atoms with van der Waals surface area (Å²) >= 11 is 0. The summed E-state index contributed by atoms with van der Waals surface area (Å²) in [5, 5.41) is 1.49. The van der Waals surface area contributed by atoms with Crippen LogP contribution in [-0.2, 0) is 0 Å². The highest BCUT2D eigenvalue weighted by molar-refractivity contribution is 7.61. The Balaban J connectivity index is 3.87. The van der Waals surface area contributed by atoms with Gasteiger partial charge in [0.05, 0.1) is 0 Å². The SMILES string of the molecule is C=C(CC(C)CC)P(C)C(C)C. The van der Waals surface area contributed by atoms with Crippen LogP contribution in [0.5, 0.6) is 0 Å². The summed E-state index contributed by atoms with van der Waals surface area (Å²) in [4.78, 5) is 0. The van der Waals surface area contributed by atoms with Crippen molar-refractivity contribution in [2.45, 2.75) is 46.2 Å². The molecule has 0 aromatic heterocycles. The van der Waals surface area contributed by atoms with Crippen LogP contribution in [0.15, 0.2) is 11.9 Å². The molecule has 0 N–H and O–H groups in total. The minimum Gasteiger partial charge on any atom is -0.0953 e. The first-order valence-electron chi connectivity index (χ1n) is 4.89. The first kappa shape index (κ1) is 12.2. The molecule has 1 heteroatoms. The molecule has 0 spiro atoms.